The van der Waals surface area contributed by atoms with Crippen LogP contribution in [0.25, 0.3) is 11.1 Å². The lowest BCUT2D eigenvalue weighted by Gasteiger charge is -2.12. The molecule has 0 amide bonds. The fourth-order valence-electron chi connectivity index (χ4n) is 2.13. The van der Waals surface area contributed by atoms with Crippen LogP contribution in [-0.4, -0.2) is 19.9 Å². The highest BCUT2D eigenvalue weighted by Gasteiger charge is 2.14. The molecule has 0 aliphatic carbocycles. The molecule has 1 heterocycles. The quantitative estimate of drug-likeness (QED) is 0.801. The van der Waals surface area contributed by atoms with E-state index in [2.05, 4.69) is 16.4 Å². The van der Waals surface area contributed by atoms with Crippen molar-refractivity contribution in [1.82, 2.24) is 16.4 Å². The van der Waals surface area contributed by atoms with Crippen molar-refractivity contribution in [2.75, 3.05) is 13.7 Å². The Hall–Kier alpha value is -2.15. The van der Waals surface area contributed by atoms with Crippen molar-refractivity contribution in [3.8, 4) is 22.6 Å². The lowest BCUT2D eigenvalue weighted by Crippen LogP contribution is -2.36. The van der Waals surface area contributed by atoms with Crippen molar-refractivity contribution in [2.24, 2.45) is 0 Å². The van der Waals surface area contributed by atoms with Gasteiger partial charge in [-0.3, -0.25) is 0 Å². The third-order valence-corrected chi connectivity index (χ3v) is 3.23. The SMILES string of the molecule is COc1cc(-c2ccc(OC3CNNN3)cc2)ccc1F. The molecule has 110 valence electrons. The second-order valence-electron chi connectivity index (χ2n) is 4.63. The summed E-state index contributed by atoms with van der Waals surface area (Å²) in [5, 5.41) is 0. The highest BCUT2D eigenvalue weighted by Crippen LogP contribution is 2.27. The van der Waals surface area contributed by atoms with E-state index in [4.69, 9.17) is 9.47 Å². The number of hydrazine groups is 2. The van der Waals surface area contributed by atoms with Gasteiger partial charge in [-0.15, -0.1) is 0 Å². The molecule has 1 aliphatic heterocycles. The summed E-state index contributed by atoms with van der Waals surface area (Å²) in [7, 11) is 1.45. The molecule has 6 heteroatoms. The van der Waals surface area contributed by atoms with E-state index >= 15 is 0 Å². The molecule has 0 bridgehead atoms. The maximum Gasteiger partial charge on any atom is 0.177 e. The van der Waals surface area contributed by atoms with Crippen molar-refractivity contribution in [3.63, 3.8) is 0 Å². The van der Waals surface area contributed by atoms with Gasteiger partial charge in [0.05, 0.1) is 13.7 Å². The summed E-state index contributed by atoms with van der Waals surface area (Å²) in [6, 6.07) is 12.4. The zero-order valence-electron chi connectivity index (χ0n) is 11.5. The predicted octanol–water partition coefficient (Wildman–Crippen LogP) is 1.82. The Morgan fingerprint density at radius 2 is 1.86 bits per heavy atom. The first-order valence-electron chi connectivity index (χ1n) is 6.60. The largest absolute Gasteiger partial charge is 0.494 e. The molecule has 0 saturated carbocycles. The van der Waals surface area contributed by atoms with Gasteiger partial charge in [-0.1, -0.05) is 18.2 Å². The summed E-state index contributed by atoms with van der Waals surface area (Å²) in [5.74, 6) is 0.629. The molecule has 0 aromatic heterocycles. The molecule has 1 aliphatic rings. The molecule has 3 N–H and O–H groups in total. The summed E-state index contributed by atoms with van der Waals surface area (Å²) in [5.41, 5.74) is 10.5. The van der Waals surface area contributed by atoms with Crippen LogP contribution in [0.4, 0.5) is 4.39 Å². The summed E-state index contributed by atoms with van der Waals surface area (Å²) in [4.78, 5) is 0. The van der Waals surface area contributed by atoms with E-state index in [-0.39, 0.29) is 17.8 Å². The van der Waals surface area contributed by atoms with E-state index in [0.29, 0.717) is 6.54 Å². The number of nitrogens with one attached hydrogen (secondary N) is 3. The number of methoxy groups -OCH3 is 1. The lowest BCUT2D eigenvalue weighted by molar-refractivity contribution is 0.191. The van der Waals surface area contributed by atoms with Crippen LogP contribution in [0.3, 0.4) is 0 Å². The Labute approximate surface area is 122 Å². The Balaban J connectivity index is 1.77. The first-order chi connectivity index (χ1) is 10.3. The molecule has 5 nitrogen and oxygen atoms in total. The first kappa shape index (κ1) is 13.8. The van der Waals surface area contributed by atoms with Crippen LogP contribution in [0.1, 0.15) is 0 Å². The average Bonchev–Trinajstić information content (AvgIpc) is 3.02. The zero-order chi connectivity index (χ0) is 14.7. The third-order valence-electron chi connectivity index (χ3n) is 3.23. The fraction of sp³-hybridized carbons (Fsp3) is 0.200. The monoisotopic (exact) mass is 289 g/mol. The van der Waals surface area contributed by atoms with Gasteiger partial charge in [-0.05, 0) is 35.4 Å². The lowest BCUT2D eigenvalue weighted by atomic mass is 10.1. The van der Waals surface area contributed by atoms with E-state index < -0.39 is 0 Å². The molecule has 0 radical (unpaired) electrons. The van der Waals surface area contributed by atoms with Crippen LogP contribution in [0.2, 0.25) is 0 Å². The number of hydrogen-bond acceptors (Lipinski definition) is 5. The standard InChI is InChI=1S/C15H16FN3O2/c1-20-14-8-11(4-7-13(14)16)10-2-5-12(6-3-10)21-15-9-17-19-18-15/h2-8,15,17-19H,9H2,1H3. The normalized spacial score (nSPS) is 17.7. The maximum absolute atomic E-state index is 13.4. The minimum Gasteiger partial charge on any atom is -0.494 e. The van der Waals surface area contributed by atoms with E-state index in [1.807, 2.05) is 24.3 Å². The minimum absolute atomic E-state index is 0.109. The zero-order valence-corrected chi connectivity index (χ0v) is 11.5. The first-order valence-corrected chi connectivity index (χ1v) is 6.60. The van der Waals surface area contributed by atoms with Crippen LogP contribution in [0, 0.1) is 5.82 Å². The van der Waals surface area contributed by atoms with Crippen molar-refractivity contribution in [1.29, 1.82) is 0 Å². The van der Waals surface area contributed by atoms with E-state index in [1.165, 1.54) is 13.2 Å². The van der Waals surface area contributed by atoms with Crippen molar-refractivity contribution in [3.05, 3.63) is 48.3 Å². The molecular weight excluding hydrogens is 273 g/mol. The maximum atomic E-state index is 13.4. The molecule has 1 atom stereocenters. The van der Waals surface area contributed by atoms with Gasteiger partial charge in [0.1, 0.15) is 5.75 Å². The number of ether oxygens (including phenoxy) is 2. The Kier molecular flexibility index (Phi) is 4.01. The molecule has 1 fully saturated rings. The predicted molar refractivity (Wildman–Crippen MR) is 77.1 cm³/mol. The summed E-state index contributed by atoms with van der Waals surface area (Å²) < 4.78 is 24.1. The molecule has 2 aromatic rings. The van der Waals surface area contributed by atoms with E-state index in [0.717, 1.165) is 16.9 Å². The van der Waals surface area contributed by atoms with Gasteiger partial charge in [0.25, 0.3) is 0 Å². The topological polar surface area (TPSA) is 54.6 Å². The molecule has 1 saturated heterocycles. The molecule has 2 aromatic carbocycles. The number of rotatable bonds is 4. The summed E-state index contributed by atoms with van der Waals surface area (Å²) in [6.07, 6.45) is -0.109. The van der Waals surface area contributed by atoms with Gasteiger partial charge in [0, 0.05) is 0 Å². The van der Waals surface area contributed by atoms with E-state index in [9.17, 15) is 4.39 Å². The summed E-state index contributed by atoms with van der Waals surface area (Å²) >= 11 is 0. The van der Waals surface area contributed by atoms with Gasteiger partial charge in [0.15, 0.2) is 17.8 Å². The van der Waals surface area contributed by atoms with Crippen LogP contribution >= 0.6 is 0 Å². The minimum atomic E-state index is -0.367. The average molecular weight is 289 g/mol. The molecule has 3 rings (SSSR count). The van der Waals surface area contributed by atoms with E-state index in [1.54, 1.807) is 12.1 Å². The molecule has 0 spiro atoms. The van der Waals surface area contributed by atoms with Crippen LogP contribution in [0.5, 0.6) is 11.5 Å². The van der Waals surface area contributed by atoms with Crippen LogP contribution in [-0.2, 0) is 0 Å². The number of hydrogen-bond donors (Lipinski definition) is 3. The van der Waals surface area contributed by atoms with Gasteiger partial charge in [0.2, 0.25) is 0 Å². The Morgan fingerprint density at radius 3 is 2.52 bits per heavy atom. The van der Waals surface area contributed by atoms with Crippen LogP contribution < -0.4 is 25.9 Å². The smallest absolute Gasteiger partial charge is 0.177 e. The van der Waals surface area contributed by atoms with Crippen molar-refractivity contribution >= 4 is 0 Å². The van der Waals surface area contributed by atoms with Gasteiger partial charge < -0.3 is 9.47 Å². The van der Waals surface area contributed by atoms with Crippen molar-refractivity contribution in [2.45, 2.75) is 6.23 Å². The fourth-order valence-corrected chi connectivity index (χ4v) is 2.13. The highest BCUT2D eigenvalue weighted by atomic mass is 19.1. The Morgan fingerprint density at radius 1 is 1.10 bits per heavy atom. The Bertz CT molecular complexity index is 613. The number of benzene rings is 2. The number of halogens is 1. The summed E-state index contributed by atoms with van der Waals surface area (Å²) in [6.45, 7) is 0.677. The highest BCUT2D eigenvalue weighted by molar-refractivity contribution is 5.65. The van der Waals surface area contributed by atoms with Gasteiger partial charge in [-0.2, -0.15) is 5.53 Å². The van der Waals surface area contributed by atoms with Crippen molar-refractivity contribution < 1.29 is 13.9 Å². The molecule has 21 heavy (non-hydrogen) atoms. The van der Waals surface area contributed by atoms with Gasteiger partial charge in [-0.25, -0.2) is 15.2 Å². The third kappa shape index (κ3) is 3.13. The van der Waals surface area contributed by atoms with Gasteiger partial charge >= 0.3 is 0 Å². The second kappa shape index (κ2) is 6.09. The van der Waals surface area contributed by atoms with Crippen LogP contribution in [0.15, 0.2) is 42.5 Å². The molecular formula is C15H16FN3O2. The second-order valence-corrected chi connectivity index (χ2v) is 4.63. The molecule has 1 unspecified atom stereocenters.